The topological polar surface area (TPSA) is 173 Å². The van der Waals surface area contributed by atoms with Crippen LogP contribution in [0.1, 0.15) is 15.9 Å². The van der Waals surface area contributed by atoms with Crippen LogP contribution in [0.15, 0.2) is 101 Å². The summed E-state index contributed by atoms with van der Waals surface area (Å²) in [7, 11) is -1.15. The van der Waals surface area contributed by atoms with Gasteiger partial charge in [0.15, 0.2) is 11.5 Å². The third-order valence-electron chi connectivity index (χ3n) is 6.28. The summed E-state index contributed by atoms with van der Waals surface area (Å²) in [4.78, 5) is 41.5. The molecule has 12 nitrogen and oxygen atoms in total. The highest BCUT2D eigenvalue weighted by Gasteiger charge is 2.25. The van der Waals surface area contributed by atoms with Crippen LogP contribution in [0.4, 0.5) is 16.2 Å². The monoisotopic (exact) mass is 604 g/mol. The van der Waals surface area contributed by atoms with E-state index in [0.29, 0.717) is 11.3 Å². The number of carboxylic acid groups (broad SMARTS) is 1. The lowest BCUT2D eigenvalue weighted by atomic mass is 10.1. The third kappa shape index (κ3) is 7.26. The number of sulfone groups is 1. The fourth-order valence-corrected chi connectivity index (χ4v) is 5.59. The molecule has 0 saturated heterocycles. The van der Waals surface area contributed by atoms with Crippen LogP contribution in [0.3, 0.4) is 0 Å². The van der Waals surface area contributed by atoms with Gasteiger partial charge in [0.2, 0.25) is 9.84 Å². The second-order valence-corrected chi connectivity index (χ2v) is 11.0. The van der Waals surface area contributed by atoms with E-state index in [2.05, 4.69) is 20.9 Å². The molecule has 0 aliphatic heterocycles. The van der Waals surface area contributed by atoms with Gasteiger partial charge in [-0.3, -0.25) is 9.78 Å². The van der Waals surface area contributed by atoms with Gasteiger partial charge in [0.25, 0.3) is 5.91 Å². The Kier molecular flexibility index (Phi) is 9.58. The fourth-order valence-electron chi connectivity index (χ4n) is 4.16. The number of nitrogens with one attached hydrogen (secondary N) is 3. The number of amides is 3. The Balaban J connectivity index is 1.43. The number of para-hydroxylation sites is 1. The number of urea groups is 1. The number of carboxylic acids is 1. The van der Waals surface area contributed by atoms with Gasteiger partial charge in [-0.15, -0.1) is 0 Å². The summed E-state index contributed by atoms with van der Waals surface area (Å²) in [6.45, 7) is 0. The molecule has 0 fully saturated rings. The van der Waals surface area contributed by atoms with Crippen molar-refractivity contribution < 1.29 is 37.4 Å². The minimum Gasteiger partial charge on any atom is -0.494 e. The Bertz CT molecular complexity index is 1710. The second-order valence-electron chi connectivity index (χ2n) is 9.08. The first kappa shape index (κ1) is 30.5. The zero-order chi connectivity index (χ0) is 31.0. The molecule has 1 atom stereocenters. The maximum absolute atomic E-state index is 13.1. The number of hydrogen-bond donors (Lipinski definition) is 4. The van der Waals surface area contributed by atoms with Gasteiger partial charge in [-0.05, 0) is 42.0 Å². The number of methoxy groups -OCH3 is 2. The number of benzene rings is 3. The summed E-state index contributed by atoms with van der Waals surface area (Å²) < 4.78 is 36.7. The highest BCUT2D eigenvalue weighted by atomic mass is 32.2. The summed E-state index contributed by atoms with van der Waals surface area (Å²) in [6, 6.07) is 17.7. The van der Waals surface area contributed by atoms with E-state index in [-0.39, 0.29) is 39.0 Å². The molecule has 0 bridgehead atoms. The predicted molar refractivity (Wildman–Crippen MR) is 157 cm³/mol. The lowest BCUT2D eigenvalue weighted by molar-refractivity contribution is -0.139. The minimum atomic E-state index is -3.95. The molecular formula is C30H28N4O8S. The highest BCUT2D eigenvalue weighted by Crippen LogP contribution is 2.29. The molecular weight excluding hydrogens is 576 g/mol. The number of pyridine rings is 1. The zero-order valence-electron chi connectivity index (χ0n) is 23.1. The van der Waals surface area contributed by atoms with Crippen molar-refractivity contribution in [3.8, 4) is 11.5 Å². The smallest absolute Gasteiger partial charge is 0.326 e. The van der Waals surface area contributed by atoms with E-state index in [0.717, 1.165) is 0 Å². The van der Waals surface area contributed by atoms with Gasteiger partial charge in [-0.25, -0.2) is 18.0 Å². The molecule has 1 heterocycles. The largest absolute Gasteiger partial charge is 0.494 e. The van der Waals surface area contributed by atoms with Crippen LogP contribution in [0.2, 0.25) is 0 Å². The molecule has 1 aromatic heterocycles. The van der Waals surface area contributed by atoms with E-state index >= 15 is 0 Å². The third-order valence-corrected chi connectivity index (χ3v) is 8.10. The highest BCUT2D eigenvalue weighted by molar-refractivity contribution is 7.91. The summed E-state index contributed by atoms with van der Waals surface area (Å²) in [5.41, 5.74) is 1.12. The van der Waals surface area contributed by atoms with Crippen molar-refractivity contribution in [2.24, 2.45) is 0 Å². The van der Waals surface area contributed by atoms with Crippen molar-refractivity contribution >= 4 is 39.1 Å². The SMILES string of the molecule is COc1cncc(OC)c1C(=O)Nc1ccc(C[C@H](NC(=O)Nc2ccccc2S(=O)(=O)c2ccccc2)C(=O)O)cc1. The molecule has 4 aromatic rings. The van der Waals surface area contributed by atoms with E-state index in [9.17, 15) is 27.9 Å². The lowest BCUT2D eigenvalue weighted by Gasteiger charge is -2.17. The number of aliphatic carboxylic acids is 1. The molecule has 0 aliphatic rings. The van der Waals surface area contributed by atoms with Gasteiger partial charge < -0.3 is 30.5 Å². The molecule has 222 valence electrons. The second kappa shape index (κ2) is 13.5. The first-order chi connectivity index (χ1) is 20.6. The van der Waals surface area contributed by atoms with Crippen LogP contribution in [-0.2, 0) is 21.1 Å². The first-order valence-electron chi connectivity index (χ1n) is 12.8. The summed E-state index contributed by atoms with van der Waals surface area (Å²) >= 11 is 0. The molecule has 4 rings (SSSR count). The van der Waals surface area contributed by atoms with Gasteiger partial charge in [0.05, 0.1) is 42.1 Å². The number of ether oxygens (including phenoxy) is 2. The summed E-state index contributed by atoms with van der Waals surface area (Å²) in [5.74, 6) is -1.35. The van der Waals surface area contributed by atoms with Crippen molar-refractivity contribution in [2.75, 3.05) is 24.9 Å². The molecule has 0 spiro atoms. The number of carbonyl (C=O) groups excluding carboxylic acids is 2. The number of hydrogen-bond acceptors (Lipinski definition) is 8. The maximum Gasteiger partial charge on any atom is 0.326 e. The normalized spacial score (nSPS) is 11.6. The Morgan fingerprint density at radius 2 is 1.44 bits per heavy atom. The summed E-state index contributed by atoms with van der Waals surface area (Å²) in [5, 5.41) is 17.3. The van der Waals surface area contributed by atoms with Crippen LogP contribution in [0.5, 0.6) is 11.5 Å². The zero-order valence-corrected chi connectivity index (χ0v) is 23.9. The Morgan fingerprint density at radius 1 is 0.837 bits per heavy atom. The van der Waals surface area contributed by atoms with E-state index in [1.807, 2.05) is 0 Å². The lowest BCUT2D eigenvalue weighted by Crippen LogP contribution is -2.44. The number of anilines is 2. The predicted octanol–water partition coefficient (Wildman–Crippen LogP) is 4.00. The van der Waals surface area contributed by atoms with Crippen LogP contribution in [0, 0.1) is 0 Å². The average molecular weight is 605 g/mol. The van der Waals surface area contributed by atoms with E-state index < -0.39 is 33.8 Å². The molecule has 0 radical (unpaired) electrons. The van der Waals surface area contributed by atoms with Gasteiger partial charge in [-0.2, -0.15) is 0 Å². The molecule has 43 heavy (non-hydrogen) atoms. The van der Waals surface area contributed by atoms with Crippen molar-refractivity contribution in [2.45, 2.75) is 22.3 Å². The Hall–Kier alpha value is -5.43. The molecule has 13 heteroatoms. The van der Waals surface area contributed by atoms with Gasteiger partial charge in [0, 0.05) is 12.1 Å². The van der Waals surface area contributed by atoms with Crippen LogP contribution >= 0.6 is 0 Å². The number of rotatable bonds is 11. The number of nitrogens with zero attached hydrogens (tertiary/aromatic N) is 1. The molecule has 0 aliphatic carbocycles. The van der Waals surface area contributed by atoms with E-state index in [1.165, 1.54) is 56.9 Å². The minimum absolute atomic E-state index is 0.00413. The first-order valence-corrected chi connectivity index (χ1v) is 14.3. The van der Waals surface area contributed by atoms with Gasteiger partial charge in [-0.1, -0.05) is 42.5 Å². The Morgan fingerprint density at radius 3 is 2.05 bits per heavy atom. The molecule has 0 unspecified atom stereocenters. The Labute approximate surface area is 247 Å². The van der Waals surface area contributed by atoms with Crippen molar-refractivity contribution in [3.05, 3.63) is 102 Å². The summed E-state index contributed by atoms with van der Waals surface area (Å²) in [6.07, 6.45) is 2.68. The van der Waals surface area contributed by atoms with E-state index in [1.54, 1.807) is 48.5 Å². The maximum atomic E-state index is 13.1. The van der Waals surface area contributed by atoms with Crippen LogP contribution in [-0.4, -0.2) is 56.7 Å². The van der Waals surface area contributed by atoms with E-state index in [4.69, 9.17) is 9.47 Å². The number of carbonyl (C=O) groups is 3. The van der Waals surface area contributed by atoms with Crippen LogP contribution in [0.25, 0.3) is 0 Å². The molecule has 3 aromatic carbocycles. The van der Waals surface area contributed by atoms with Gasteiger partial charge >= 0.3 is 12.0 Å². The van der Waals surface area contributed by atoms with Gasteiger partial charge in [0.1, 0.15) is 11.6 Å². The van der Waals surface area contributed by atoms with Crippen molar-refractivity contribution in [1.29, 1.82) is 0 Å². The quantitative estimate of drug-likeness (QED) is 0.197. The molecule has 0 saturated carbocycles. The molecule has 4 N–H and O–H groups in total. The van der Waals surface area contributed by atoms with Crippen molar-refractivity contribution in [1.82, 2.24) is 10.3 Å². The average Bonchev–Trinajstić information content (AvgIpc) is 3.01. The fraction of sp³-hybridized carbons (Fsp3) is 0.133. The van der Waals surface area contributed by atoms with Crippen molar-refractivity contribution in [3.63, 3.8) is 0 Å². The standard InChI is InChI=1S/C30H28N4O8S/c1-41-24-17-31-18-25(42-2)27(24)28(35)32-20-14-12-19(13-15-20)16-23(29(36)37)34-30(38)33-22-10-6-7-11-26(22)43(39,40)21-8-4-3-5-9-21/h3-15,17-18,23H,16H2,1-2H3,(H,32,35)(H,36,37)(H2,33,34,38)/t23-/m0/s1. The van der Waals surface area contributed by atoms with Crippen LogP contribution < -0.4 is 25.4 Å². The molecule has 3 amide bonds. The number of aromatic nitrogens is 1.